The minimum atomic E-state index is -1.11. The maximum Gasteiger partial charge on any atom is 0.342 e. The van der Waals surface area contributed by atoms with Crippen LogP contribution in [0, 0.1) is 17.8 Å². The monoisotopic (exact) mass is 683 g/mol. The zero-order chi connectivity index (χ0) is 36.8. The first-order valence-electron chi connectivity index (χ1n) is 16.9. The number of hydrogen-bond acceptors (Lipinski definition) is 8. The molecule has 4 aromatic carbocycles. The van der Waals surface area contributed by atoms with Crippen LogP contribution in [0.1, 0.15) is 102 Å². The zero-order valence-corrected chi connectivity index (χ0v) is 29.4. The third-order valence-electron chi connectivity index (χ3n) is 8.68. The second-order valence-electron chi connectivity index (χ2n) is 13.2. The van der Waals surface area contributed by atoms with Crippen molar-refractivity contribution in [1.29, 1.82) is 0 Å². The molecular formula is C41H49NO8. The Kier molecular flexibility index (Phi) is 14.9. The van der Waals surface area contributed by atoms with Crippen molar-refractivity contribution < 1.29 is 39.2 Å². The first kappa shape index (κ1) is 39.1. The average Bonchev–Trinajstić information content (AvgIpc) is 3.08. The first-order chi connectivity index (χ1) is 23.8. The fourth-order valence-electron chi connectivity index (χ4n) is 5.66. The van der Waals surface area contributed by atoms with E-state index in [0.29, 0.717) is 34.9 Å². The predicted molar refractivity (Wildman–Crippen MR) is 194 cm³/mol. The standard InChI is InChI=1S/C17H25NO2.C17H18O3.C7H6O3/c1-11(2)13-9-8-12(3)10-16(13)20-17(19)14-6-4-5-7-15(14)18;1-12(2)14-9-7-13(8-10-14)11-20-17(19)15-5-3-4-6-16(15)18;8-6-4-2-1-3-5(6)7(9)10/h4-7,11-13,16H,8-10,18H2,1-3H3;3-10,12,18H,11H2,1-2H3;1-4,8H,(H,9,10). The van der Waals surface area contributed by atoms with Gasteiger partial charge in [-0.15, -0.1) is 0 Å². The highest BCUT2D eigenvalue weighted by molar-refractivity contribution is 5.95. The smallest absolute Gasteiger partial charge is 0.342 e. The molecule has 0 heterocycles. The summed E-state index contributed by atoms with van der Waals surface area (Å²) < 4.78 is 11.0. The van der Waals surface area contributed by atoms with Gasteiger partial charge in [-0.25, -0.2) is 14.4 Å². The highest BCUT2D eigenvalue weighted by Crippen LogP contribution is 2.36. The number of phenolic OH excluding ortho intramolecular Hbond substituents is 1. The van der Waals surface area contributed by atoms with Crippen LogP contribution in [-0.4, -0.2) is 39.3 Å². The SMILES string of the molecule is CC(C)c1ccc(COC(=O)c2ccccc2O)cc1.CC1CCC(C(C)C)C(OC(=O)c2ccccc2N)C1.O=C(O)c1ccccc1O. The molecule has 0 aromatic heterocycles. The molecule has 0 bridgehead atoms. The molecule has 0 amide bonds. The number of ether oxygens (including phenoxy) is 2. The number of para-hydroxylation sites is 3. The number of hydrogen-bond donors (Lipinski definition) is 4. The van der Waals surface area contributed by atoms with Crippen molar-refractivity contribution in [1.82, 2.24) is 0 Å². The van der Waals surface area contributed by atoms with Crippen LogP contribution in [0.5, 0.6) is 11.5 Å². The summed E-state index contributed by atoms with van der Waals surface area (Å²) >= 11 is 0. The van der Waals surface area contributed by atoms with Gasteiger partial charge in [0.25, 0.3) is 0 Å². The Morgan fingerprint density at radius 1 is 0.740 bits per heavy atom. The molecule has 1 saturated carbocycles. The van der Waals surface area contributed by atoms with Gasteiger partial charge in [0.2, 0.25) is 0 Å². The Labute approximate surface area is 294 Å². The third kappa shape index (κ3) is 11.7. The Hall–Kier alpha value is -5.31. The van der Waals surface area contributed by atoms with Crippen molar-refractivity contribution >= 4 is 23.6 Å². The number of esters is 2. The van der Waals surface area contributed by atoms with E-state index in [0.717, 1.165) is 18.4 Å². The van der Waals surface area contributed by atoms with Gasteiger partial charge in [0, 0.05) is 5.69 Å². The normalized spacial score (nSPS) is 16.7. The number of nitrogen functional groups attached to an aromatic ring is 1. The van der Waals surface area contributed by atoms with Gasteiger partial charge in [-0.3, -0.25) is 0 Å². The van der Waals surface area contributed by atoms with Crippen LogP contribution in [0.25, 0.3) is 0 Å². The molecule has 1 aliphatic rings. The molecule has 9 heteroatoms. The van der Waals surface area contributed by atoms with Gasteiger partial charge < -0.3 is 30.5 Å². The Bertz CT molecular complexity index is 1700. The number of carboxylic acid groups (broad SMARTS) is 1. The van der Waals surface area contributed by atoms with Gasteiger partial charge in [0.05, 0.1) is 5.56 Å². The highest BCUT2D eigenvalue weighted by Gasteiger charge is 2.33. The van der Waals surface area contributed by atoms with E-state index < -0.39 is 11.9 Å². The molecule has 0 saturated heterocycles. The summed E-state index contributed by atoms with van der Waals surface area (Å²) in [6.07, 6.45) is 3.35. The molecule has 0 aliphatic heterocycles. The van der Waals surface area contributed by atoms with Gasteiger partial charge >= 0.3 is 17.9 Å². The van der Waals surface area contributed by atoms with Crippen molar-refractivity contribution in [2.75, 3.05) is 5.73 Å². The summed E-state index contributed by atoms with van der Waals surface area (Å²) in [5.41, 5.74) is 9.11. The summed E-state index contributed by atoms with van der Waals surface area (Å²) in [6, 6.07) is 27.3. The van der Waals surface area contributed by atoms with Gasteiger partial charge in [0.1, 0.15) is 35.3 Å². The molecule has 5 N–H and O–H groups in total. The molecule has 9 nitrogen and oxygen atoms in total. The van der Waals surface area contributed by atoms with Crippen molar-refractivity contribution in [3.05, 3.63) is 125 Å². The Balaban J connectivity index is 0.000000214. The maximum absolute atomic E-state index is 12.3. The fourth-order valence-corrected chi connectivity index (χ4v) is 5.66. The van der Waals surface area contributed by atoms with Crippen LogP contribution in [0.2, 0.25) is 0 Å². The Morgan fingerprint density at radius 3 is 1.78 bits per heavy atom. The molecule has 266 valence electrons. The van der Waals surface area contributed by atoms with Crippen LogP contribution >= 0.6 is 0 Å². The number of benzene rings is 4. The number of nitrogens with two attached hydrogens (primary N) is 1. The second-order valence-corrected chi connectivity index (χ2v) is 13.2. The molecule has 5 rings (SSSR count). The Morgan fingerprint density at radius 2 is 1.28 bits per heavy atom. The summed E-state index contributed by atoms with van der Waals surface area (Å²) in [5, 5.41) is 26.9. The molecule has 50 heavy (non-hydrogen) atoms. The van der Waals surface area contributed by atoms with Gasteiger partial charge in [-0.05, 0) is 84.0 Å². The number of rotatable bonds is 8. The number of aromatic carboxylic acids is 1. The molecule has 1 aliphatic carbocycles. The van der Waals surface area contributed by atoms with E-state index in [1.807, 2.05) is 36.4 Å². The van der Waals surface area contributed by atoms with Crippen LogP contribution in [-0.2, 0) is 16.1 Å². The van der Waals surface area contributed by atoms with Gasteiger partial charge in [-0.2, -0.15) is 0 Å². The molecule has 3 unspecified atom stereocenters. The van der Waals surface area contributed by atoms with E-state index >= 15 is 0 Å². The zero-order valence-electron chi connectivity index (χ0n) is 29.4. The summed E-state index contributed by atoms with van der Waals surface area (Å²) in [7, 11) is 0. The third-order valence-corrected chi connectivity index (χ3v) is 8.68. The number of carbonyl (C=O) groups excluding carboxylic acids is 2. The van der Waals surface area contributed by atoms with Crippen molar-refractivity contribution in [3.63, 3.8) is 0 Å². The van der Waals surface area contributed by atoms with Crippen LogP contribution in [0.15, 0.2) is 97.1 Å². The van der Waals surface area contributed by atoms with E-state index in [2.05, 4.69) is 34.6 Å². The minimum Gasteiger partial charge on any atom is -0.507 e. The topological polar surface area (TPSA) is 156 Å². The van der Waals surface area contributed by atoms with Crippen molar-refractivity contribution in [2.45, 2.75) is 72.5 Å². The van der Waals surface area contributed by atoms with Crippen LogP contribution < -0.4 is 5.73 Å². The molecule has 1 fully saturated rings. The minimum absolute atomic E-state index is 0.0193. The lowest BCUT2D eigenvalue weighted by atomic mass is 9.75. The molecule has 0 spiro atoms. The summed E-state index contributed by atoms with van der Waals surface area (Å²) in [4.78, 5) is 34.4. The van der Waals surface area contributed by atoms with E-state index in [1.165, 1.54) is 30.2 Å². The molecule has 0 radical (unpaired) electrons. The second kappa shape index (κ2) is 19.0. The molecule has 4 aromatic rings. The van der Waals surface area contributed by atoms with Crippen LogP contribution in [0.3, 0.4) is 0 Å². The number of carbonyl (C=O) groups is 3. The lowest BCUT2D eigenvalue weighted by molar-refractivity contribution is -0.0173. The van der Waals surface area contributed by atoms with Crippen molar-refractivity contribution in [3.8, 4) is 11.5 Å². The lowest BCUT2D eigenvalue weighted by Crippen LogP contribution is -2.36. The lowest BCUT2D eigenvalue weighted by Gasteiger charge is -2.36. The molecule has 3 atom stereocenters. The van der Waals surface area contributed by atoms with Gasteiger partial charge in [-0.1, -0.05) is 102 Å². The van der Waals surface area contributed by atoms with E-state index in [9.17, 15) is 19.5 Å². The van der Waals surface area contributed by atoms with Crippen LogP contribution in [0.4, 0.5) is 5.69 Å². The number of anilines is 1. The number of phenols is 2. The maximum atomic E-state index is 12.3. The predicted octanol–water partition coefficient (Wildman–Crippen LogP) is 8.85. The number of aromatic hydroxyl groups is 2. The van der Waals surface area contributed by atoms with Gasteiger partial charge in [0.15, 0.2) is 0 Å². The van der Waals surface area contributed by atoms with Crippen molar-refractivity contribution in [2.24, 2.45) is 17.8 Å². The largest absolute Gasteiger partial charge is 0.507 e. The quantitative estimate of drug-likeness (QED) is 0.105. The summed E-state index contributed by atoms with van der Waals surface area (Å²) in [6.45, 7) is 11.1. The fraction of sp³-hybridized carbons (Fsp3) is 0.341. The number of carboxylic acids is 1. The van der Waals surface area contributed by atoms with E-state index in [1.54, 1.807) is 42.5 Å². The first-order valence-corrected chi connectivity index (χ1v) is 16.9. The van der Waals surface area contributed by atoms with E-state index in [-0.39, 0.29) is 41.3 Å². The summed E-state index contributed by atoms with van der Waals surface area (Å²) in [5.74, 6) is -0.0815. The molecular weight excluding hydrogens is 634 g/mol. The highest BCUT2D eigenvalue weighted by atomic mass is 16.5. The average molecular weight is 684 g/mol. The van der Waals surface area contributed by atoms with E-state index in [4.69, 9.17) is 25.4 Å².